The van der Waals surface area contributed by atoms with E-state index in [0.29, 0.717) is 12.5 Å². The van der Waals surface area contributed by atoms with Crippen LogP contribution in [0.5, 0.6) is 17.2 Å². The summed E-state index contributed by atoms with van der Waals surface area (Å²) in [5.74, 6) is -2.11. The average molecular weight is 306 g/mol. The molecule has 1 aliphatic heterocycles. The topological polar surface area (TPSA) is 96.2 Å². The molecule has 1 fully saturated rings. The summed E-state index contributed by atoms with van der Waals surface area (Å²) in [5, 5.41) is 28.2. The predicted molar refractivity (Wildman–Crippen MR) is 76.9 cm³/mol. The molecule has 3 atom stereocenters. The molecule has 6 heteroatoms. The maximum atomic E-state index is 12.1. The quantitative estimate of drug-likeness (QED) is 0.440. The number of phenolic OH excluding ortho intramolecular Hbond substituents is 3. The summed E-state index contributed by atoms with van der Waals surface area (Å²) in [5.41, 5.74) is -0.0153. The molecule has 3 unspecified atom stereocenters. The molecule has 1 heterocycles. The van der Waals surface area contributed by atoms with Gasteiger partial charge in [-0.05, 0) is 37.3 Å². The zero-order valence-corrected chi connectivity index (χ0v) is 11.9. The van der Waals surface area contributed by atoms with E-state index in [2.05, 4.69) is 12.2 Å². The minimum absolute atomic E-state index is 0.0153. The zero-order chi connectivity index (χ0) is 15.7. The van der Waals surface area contributed by atoms with Crippen LogP contribution in [0.1, 0.15) is 29.6 Å². The number of hydrogen-bond donors (Lipinski definition) is 3. The van der Waals surface area contributed by atoms with Crippen molar-refractivity contribution in [1.82, 2.24) is 0 Å². The van der Waals surface area contributed by atoms with Gasteiger partial charge in [-0.1, -0.05) is 12.2 Å². The van der Waals surface area contributed by atoms with Gasteiger partial charge in [-0.15, -0.1) is 0 Å². The number of ether oxygens (including phenoxy) is 2. The highest BCUT2D eigenvalue weighted by Crippen LogP contribution is 2.36. The lowest BCUT2D eigenvalue weighted by Gasteiger charge is -2.36. The van der Waals surface area contributed by atoms with Crippen molar-refractivity contribution in [2.75, 3.05) is 6.61 Å². The van der Waals surface area contributed by atoms with Crippen molar-refractivity contribution < 1.29 is 29.6 Å². The number of hydrogen-bond acceptors (Lipinski definition) is 6. The van der Waals surface area contributed by atoms with Crippen LogP contribution in [0.25, 0.3) is 0 Å². The van der Waals surface area contributed by atoms with Crippen molar-refractivity contribution in [3.63, 3.8) is 0 Å². The lowest BCUT2D eigenvalue weighted by molar-refractivity contribution is -0.0819. The third-order valence-electron chi connectivity index (χ3n) is 4.11. The van der Waals surface area contributed by atoms with E-state index in [9.17, 15) is 20.1 Å². The molecule has 0 saturated carbocycles. The monoisotopic (exact) mass is 306 g/mol. The van der Waals surface area contributed by atoms with Crippen LogP contribution in [0.15, 0.2) is 24.3 Å². The Hall–Kier alpha value is -2.21. The van der Waals surface area contributed by atoms with Crippen LogP contribution in [0.3, 0.4) is 0 Å². The molecule has 0 radical (unpaired) electrons. The molecular weight excluding hydrogens is 288 g/mol. The van der Waals surface area contributed by atoms with Gasteiger partial charge < -0.3 is 24.8 Å². The lowest BCUT2D eigenvalue weighted by Crippen LogP contribution is -2.39. The standard InChI is InChI=1S/C16H18O6/c17-12-6-10(7-13(18)15(12)19)16(20)22-11-5-9-3-1-2-4-14(9)21-8-11/h2,4,6-7,9,11,14,17-19H,1,3,5,8H2. The number of aromatic hydroxyl groups is 3. The molecule has 1 aromatic rings. The minimum Gasteiger partial charge on any atom is -0.504 e. The fourth-order valence-corrected chi connectivity index (χ4v) is 2.95. The van der Waals surface area contributed by atoms with Crippen LogP contribution in [0.2, 0.25) is 0 Å². The number of esters is 1. The van der Waals surface area contributed by atoms with Gasteiger partial charge in [0.1, 0.15) is 6.10 Å². The number of carbonyl (C=O) groups excluding carboxylic acids is 1. The number of carbonyl (C=O) groups is 1. The Bertz CT molecular complexity index is 586. The summed E-state index contributed by atoms with van der Waals surface area (Å²) in [4.78, 5) is 12.1. The maximum Gasteiger partial charge on any atom is 0.338 e. The Balaban J connectivity index is 1.66. The van der Waals surface area contributed by atoms with Gasteiger partial charge in [0.2, 0.25) is 0 Å². The smallest absolute Gasteiger partial charge is 0.338 e. The highest BCUT2D eigenvalue weighted by molar-refractivity contribution is 5.91. The molecule has 6 nitrogen and oxygen atoms in total. The number of allylic oxidation sites excluding steroid dienone is 1. The van der Waals surface area contributed by atoms with E-state index in [1.165, 1.54) is 0 Å². The SMILES string of the molecule is O=C(OC1COC2C=CCCC2C1)c1cc(O)c(O)c(O)c1. The summed E-state index contributed by atoms with van der Waals surface area (Å²) in [6.07, 6.45) is 6.67. The van der Waals surface area contributed by atoms with Gasteiger partial charge in [-0.2, -0.15) is 0 Å². The molecule has 3 N–H and O–H groups in total. The Morgan fingerprint density at radius 3 is 2.68 bits per heavy atom. The van der Waals surface area contributed by atoms with Crippen LogP contribution in [-0.2, 0) is 9.47 Å². The molecule has 0 bridgehead atoms. The Morgan fingerprint density at radius 2 is 1.95 bits per heavy atom. The van der Waals surface area contributed by atoms with Crippen LogP contribution in [-0.4, -0.2) is 40.1 Å². The van der Waals surface area contributed by atoms with Gasteiger partial charge >= 0.3 is 5.97 Å². The molecule has 118 valence electrons. The molecule has 2 aliphatic rings. The van der Waals surface area contributed by atoms with E-state index in [1.807, 2.05) is 0 Å². The van der Waals surface area contributed by atoms with Gasteiger partial charge in [-0.25, -0.2) is 4.79 Å². The fourth-order valence-electron chi connectivity index (χ4n) is 2.95. The van der Waals surface area contributed by atoms with Crippen LogP contribution < -0.4 is 0 Å². The molecule has 1 aromatic carbocycles. The number of fused-ring (bicyclic) bond motifs is 1. The molecule has 1 aliphatic carbocycles. The highest BCUT2D eigenvalue weighted by Gasteiger charge is 2.33. The van der Waals surface area contributed by atoms with Crippen molar-refractivity contribution >= 4 is 5.97 Å². The lowest BCUT2D eigenvalue weighted by atomic mass is 9.85. The van der Waals surface area contributed by atoms with Crippen LogP contribution >= 0.6 is 0 Å². The average Bonchev–Trinajstić information content (AvgIpc) is 2.52. The summed E-state index contributed by atoms with van der Waals surface area (Å²) in [6, 6.07) is 2.13. The molecule has 0 amide bonds. The van der Waals surface area contributed by atoms with Crippen molar-refractivity contribution in [1.29, 1.82) is 0 Å². The second-order valence-corrected chi connectivity index (χ2v) is 5.69. The van der Waals surface area contributed by atoms with Crippen molar-refractivity contribution in [3.05, 3.63) is 29.8 Å². The van der Waals surface area contributed by atoms with Gasteiger partial charge in [0.25, 0.3) is 0 Å². The van der Waals surface area contributed by atoms with Crippen molar-refractivity contribution in [3.8, 4) is 17.2 Å². The summed E-state index contributed by atoms with van der Waals surface area (Å²) in [6.45, 7) is 0.327. The summed E-state index contributed by atoms with van der Waals surface area (Å²) in [7, 11) is 0. The minimum atomic E-state index is -0.663. The fraction of sp³-hybridized carbons (Fsp3) is 0.438. The summed E-state index contributed by atoms with van der Waals surface area (Å²) >= 11 is 0. The second-order valence-electron chi connectivity index (χ2n) is 5.69. The molecule has 0 spiro atoms. The third-order valence-corrected chi connectivity index (χ3v) is 4.11. The molecule has 3 rings (SSSR count). The molecule has 22 heavy (non-hydrogen) atoms. The Kier molecular flexibility index (Phi) is 3.94. The van der Waals surface area contributed by atoms with E-state index < -0.39 is 23.2 Å². The first-order valence-corrected chi connectivity index (χ1v) is 7.29. The number of benzene rings is 1. The van der Waals surface area contributed by atoms with Crippen LogP contribution in [0.4, 0.5) is 0 Å². The van der Waals surface area contributed by atoms with E-state index >= 15 is 0 Å². The van der Waals surface area contributed by atoms with Gasteiger partial charge in [0, 0.05) is 0 Å². The van der Waals surface area contributed by atoms with E-state index in [0.717, 1.165) is 31.4 Å². The van der Waals surface area contributed by atoms with Crippen molar-refractivity contribution in [2.45, 2.75) is 31.5 Å². The first kappa shape index (κ1) is 14.7. The molecular formula is C16H18O6. The summed E-state index contributed by atoms with van der Waals surface area (Å²) < 4.78 is 11.1. The third kappa shape index (κ3) is 2.87. The molecule has 1 saturated heterocycles. The van der Waals surface area contributed by atoms with Gasteiger partial charge in [0.15, 0.2) is 17.2 Å². The Morgan fingerprint density at radius 1 is 1.23 bits per heavy atom. The maximum absolute atomic E-state index is 12.1. The largest absolute Gasteiger partial charge is 0.504 e. The zero-order valence-electron chi connectivity index (χ0n) is 11.9. The Labute approximate surface area is 127 Å². The van der Waals surface area contributed by atoms with E-state index in [4.69, 9.17) is 9.47 Å². The normalized spacial score (nSPS) is 27.2. The van der Waals surface area contributed by atoms with E-state index in [1.54, 1.807) is 0 Å². The second kappa shape index (κ2) is 5.88. The van der Waals surface area contributed by atoms with E-state index in [-0.39, 0.29) is 17.8 Å². The number of phenols is 3. The highest BCUT2D eigenvalue weighted by atomic mass is 16.6. The van der Waals surface area contributed by atoms with Gasteiger partial charge in [0.05, 0.1) is 18.3 Å². The first-order chi connectivity index (χ1) is 10.5. The first-order valence-electron chi connectivity index (χ1n) is 7.29. The van der Waals surface area contributed by atoms with Crippen molar-refractivity contribution in [2.24, 2.45) is 5.92 Å². The van der Waals surface area contributed by atoms with Crippen LogP contribution in [0, 0.1) is 5.92 Å². The van der Waals surface area contributed by atoms with Gasteiger partial charge in [-0.3, -0.25) is 0 Å². The number of rotatable bonds is 2. The predicted octanol–water partition coefficient (Wildman–Crippen LogP) is 2.08. The molecule has 0 aromatic heterocycles.